The van der Waals surface area contributed by atoms with Crippen LogP contribution >= 0.6 is 0 Å². The van der Waals surface area contributed by atoms with Crippen LogP contribution in [0.1, 0.15) is 27.7 Å². The van der Waals surface area contributed by atoms with E-state index in [0.29, 0.717) is 0 Å². The molecule has 66 valence electrons. The van der Waals surface area contributed by atoms with Crippen molar-refractivity contribution < 1.29 is 0 Å². The molecule has 0 unspecified atom stereocenters. The zero-order valence-corrected chi connectivity index (χ0v) is 7.94. The van der Waals surface area contributed by atoms with Crippen LogP contribution in [-0.2, 0) is 0 Å². The molecule has 3 heteroatoms. The molecule has 1 rings (SSSR count). The van der Waals surface area contributed by atoms with Gasteiger partial charge in [-0.3, -0.25) is 5.84 Å². The van der Waals surface area contributed by atoms with Crippen LogP contribution in [0.15, 0.2) is 0 Å². The summed E-state index contributed by atoms with van der Waals surface area (Å²) in [5.41, 5.74) is 0.142. The zero-order valence-electron chi connectivity index (χ0n) is 7.94. The highest BCUT2D eigenvalue weighted by Crippen LogP contribution is 2.23. The second-order valence-corrected chi connectivity index (χ2v) is 4.60. The van der Waals surface area contributed by atoms with E-state index in [-0.39, 0.29) is 11.1 Å². The predicted octanol–water partition coefficient (Wildman–Crippen LogP) is 0.323. The zero-order chi connectivity index (χ0) is 8.70. The second-order valence-electron chi connectivity index (χ2n) is 4.60. The molecule has 0 aromatic carbocycles. The van der Waals surface area contributed by atoms with E-state index in [0.717, 1.165) is 13.1 Å². The van der Waals surface area contributed by atoms with Crippen LogP contribution in [0.5, 0.6) is 0 Å². The summed E-state index contributed by atoms with van der Waals surface area (Å²) in [5.74, 6) is 5.98. The third-order valence-corrected chi connectivity index (χ3v) is 2.42. The molecule has 1 fully saturated rings. The lowest BCUT2D eigenvalue weighted by Crippen LogP contribution is -2.70. The maximum absolute atomic E-state index is 5.98. The van der Waals surface area contributed by atoms with Gasteiger partial charge in [0.1, 0.15) is 0 Å². The molecule has 0 bridgehead atoms. The Labute approximate surface area is 68.9 Å². The Kier molecular flexibility index (Phi) is 1.99. The number of nitrogens with two attached hydrogens (primary N) is 1. The van der Waals surface area contributed by atoms with Crippen LogP contribution < -0.4 is 11.2 Å². The van der Waals surface area contributed by atoms with Gasteiger partial charge in [0.05, 0.1) is 0 Å². The quantitative estimate of drug-likeness (QED) is 0.498. The molecule has 1 saturated heterocycles. The SMILES string of the molecule is CC1(C)CNCC(C)(C)N1N. The summed E-state index contributed by atoms with van der Waals surface area (Å²) in [6.45, 7) is 10.5. The third-order valence-electron chi connectivity index (χ3n) is 2.42. The first-order chi connectivity index (χ1) is 4.86. The lowest BCUT2D eigenvalue weighted by Gasteiger charge is -2.50. The molecule has 0 spiro atoms. The van der Waals surface area contributed by atoms with Crippen molar-refractivity contribution in [3.05, 3.63) is 0 Å². The maximum atomic E-state index is 5.98. The number of nitrogens with one attached hydrogen (secondary N) is 1. The van der Waals surface area contributed by atoms with Crippen molar-refractivity contribution in [2.75, 3.05) is 13.1 Å². The summed E-state index contributed by atoms with van der Waals surface area (Å²) in [6.07, 6.45) is 0. The molecule has 1 aliphatic heterocycles. The number of piperazine rings is 1. The highest BCUT2D eigenvalue weighted by molar-refractivity contribution is 4.96. The van der Waals surface area contributed by atoms with Crippen molar-refractivity contribution >= 4 is 0 Å². The fourth-order valence-corrected chi connectivity index (χ4v) is 1.66. The summed E-state index contributed by atoms with van der Waals surface area (Å²) < 4.78 is 0. The summed E-state index contributed by atoms with van der Waals surface area (Å²) in [4.78, 5) is 0. The van der Waals surface area contributed by atoms with Gasteiger partial charge >= 0.3 is 0 Å². The fourth-order valence-electron chi connectivity index (χ4n) is 1.66. The normalized spacial score (nSPS) is 30.3. The molecule has 3 nitrogen and oxygen atoms in total. The van der Waals surface area contributed by atoms with Crippen molar-refractivity contribution in [1.29, 1.82) is 0 Å². The minimum Gasteiger partial charge on any atom is -0.313 e. The van der Waals surface area contributed by atoms with Crippen LogP contribution in [0.4, 0.5) is 0 Å². The molecular weight excluding hydrogens is 138 g/mol. The van der Waals surface area contributed by atoms with Crippen molar-refractivity contribution in [1.82, 2.24) is 10.3 Å². The second kappa shape index (κ2) is 2.44. The highest BCUT2D eigenvalue weighted by atomic mass is 15.5. The van der Waals surface area contributed by atoms with Crippen molar-refractivity contribution in [3.8, 4) is 0 Å². The lowest BCUT2D eigenvalue weighted by molar-refractivity contribution is -0.0139. The van der Waals surface area contributed by atoms with Gasteiger partial charge in [-0.1, -0.05) is 0 Å². The Balaban J connectivity index is 2.76. The van der Waals surface area contributed by atoms with E-state index in [9.17, 15) is 0 Å². The molecule has 0 atom stereocenters. The van der Waals surface area contributed by atoms with E-state index in [1.165, 1.54) is 0 Å². The molecule has 0 aromatic heterocycles. The van der Waals surface area contributed by atoms with Gasteiger partial charge in [-0.25, -0.2) is 5.01 Å². The Morgan fingerprint density at radius 3 is 1.73 bits per heavy atom. The Bertz CT molecular complexity index is 135. The van der Waals surface area contributed by atoms with Gasteiger partial charge < -0.3 is 5.32 Å². The van der Waals surface area contributed by atoms with Gasteiger partial charge in [-0.05, 0) is 27.7 Å². The molecule has 0 aromatic rings. The minimum absolute atomic E-state index is 0.0712. The molecule has 11 heavy (non-hydrogen) atoms. The van der Waals surface area contributed by atoms with Crippen LogP contribution in [-0.4, -0.2) is 29.2 Å². The molecule has 3 N–H and O–H groups in total. The van der Waals surface area contributed by atoms with E-state index >= 15 is 0 Å². The van der Waals surface area contributed by atoms with Crippen LogP contribution in [0.2, 0.25) is 0 Å². The first-order valence-electron chi connectivity index (χ1n) is 4.12. The summed E-state index contributed by atoms with van der Waals surface area (Å²) in [5, 5.41) is 5.33. The molecule has 0 aliphatic carbocycles. The number of hydrogen-bond acceptors (Lipinski definition) is 3. The van der Waals surface area contributed by atoms with Gasteiger partial charge in [0.15, 0.2) is 0 Å². The smallest absolute Gasteiger partial charge is 0.0426 e. The monoisotopic (exact) mass is 157 g/mol. The molecule has 0 radical (unpaired) electrons. The van der Waals surface area contributed by atoms with Gasteiger partial charge in [0.2, 0.25) is 0 Å². The minimum atomic E-state index is 0.0712. The van der Waals surface area contributed by atoms with E-state index in [1.54, 1.807) is 0 Å². The number of hydrogen-bond donors (Lipinski definition) is 2. The summed E-state index contributed by atoms with van der Waals surface area (Å²) in [6, 6.07) is 0. The van der Waals surface area contributed by atoms with Crippen molar-refractivity contribution in [3.63, 3.8) is 0 Å². The Hall–Kier alpha value is -0.120. The number of hydrazine groups is 1. The molecule has 1 aliphatic rings. The Morgan fingerprint density at radius 1 is 1.09 bits per heavy atom. The highest BCUT2D eigenvalue weighted by Gasteiger charge is 2.39. The van der Waals surface area contributed by atoms with Gasteiger partial charge in [-0.2, -0.15) is 0 Å². The Morgan fingerprint density at radius 2 is 1.45 bits per heavy atom. The average Bonchev–Trinajstić information content (AvgIpc) is 1.82. The number of rotatable bonds is 0. The first kappa shape index (κ1) is 8.97. The summed E-state index contributed by atoms with van der Waals surface area (Å²) in [7, 11) is 0. The molecular formula is C8H19N3. The van der Waals surface area contributed by atoms with Gasteiger partial charge in [0, 0.05) is 24.2 Å². The maximum Gasteiger partial charge on any atom is 0.0426 e. The van der Waals surface area contributed by atoms with E-state index in [4.69, 9.17) is 5.84 Å². The summed E-state index contributed by atoms with van der Waals surface area (Å²) >= 11 is 0. The molecule has 1 heterocycles. The fraction of sp³-hybridized carbons (Fsp3) is 1.00. The van der Waals surface area contributed by atoms with E-state index in [2.05, 4.69) is 33.0 Å². The van der Waals surface area contributed by atoms with Gasteiger partial charge in [0.25, 0.3) is 0 Å². The van der Waals surface area contributed by atoms with Crippen molar-refractivity contribution in [2.45, 2.75) is 38.8 Å². The number of nitrogens with zero attached hydrogens (tertiary/aromatic N) is 1. The average molecular weight is 157 g/mol. The predicted molar refractivity (Wildman–Crippen MR) is 47.1 cm³/mol. The van der Waals surface area contributed by atoms with Crippen LogP contribution in [0, 0.1) is 0 Å². The van der Waals surface area contributed by atoms with Crippen molar-refractivity contribution in [2.24, 2.45) is 5.84 Å². The van der Waals surface area contributed by atoms with E-state index < -0.39 is 0 Å². The third kappa shape index (κ3) is 1.55. The van der Waals surface area contributed by atoms with Crippen LogP contribution in [0.3, 0.4) is 0 Å². The van der Waals surface area contributed by atoms with Gasteiger partial charge in [-0.15, -0.1) is 0 Å². The largest absolute Gasteiger partial charge is 0.313 e. The molecule has 0 amide bonds. The topological polar surface area (TPSA) is 41.3 Å². The first-order valence-corrected chi connectivity index (χ1v) is 4.12. The molecule has 0 saturated carbocycles. The standard InChI is InChI=1S/C8H19N3/c1-7(2)5-10-6-8(3,4)11(7)9/h10H,5-6,9H2,1-4H3. The lowest BCUT2D eigenvalue weighted by atomic mass is 9.92. The van der Waals surface area contributed by atoms with E-state index in [1.807, 2.05) is 5.01 Å². The van der Waals surface area contributed by atoms with Crippen LogP contribution in [0.25, 0.3) is 0 Å².